The van der Waals surface area contributed by atoms with Gasteiger partial charge in [0.05, 0.1) is 17.1 Å². The fourth-order valence-corrected chi connectivity index (χ4v) is 4.39. The highest BCUT2D eigenvalue weighted by atomic mass is 35.5. The molecule has 1 aliphatic heterocycles. The number of fused-ring (bicyclic) bond motifs is 3. The molecule has 0 aliphatic carbocycles. The summed E-state index contributed by atoms with van der Waals surface area (Å²) >= 11 is 6.19. The van der Waals surface area contributed by atoms with Crippen molar-refractivity contribution in [2.45, 2.75) is 25.5 Å². The molecule has 3 heterocycles. The molecule has 0 saturated carbocycles. The van der Waals surface area contributed by atoms with Crippen LogP contribution in [-0.2, 0) is 6.54 Å². The molecule has 0 amide bonds. The van der Waals surface area contributed by atoms with Crippen LogP contribution in [-0.4, -0.2) is 33.9 Å². The van der Waals surface area contributed by atoms with E-state index in [0.717, 1.165) is 59.6 Å². The molecule has 1 aliphatic rings. The van der Waals surface area contributed by atoms with Crippen molar-refractivity contribution in [2.24, 2.45) is 0 Å². The first kappa shape index (κ1) is 17.5. The zero-order valence-corrected chi connectivity index (χ0v) is 16.3. The van der Waals surface area contributed by atoms with Crippen LogP contribution in [0.2, 0.25) is 5.02 Å². The largest absolute Gasteiger partial charge is 0.393 e. The predicted molar refractivity (Wildman–Crippen MR) is 115 cm³/mol. The molecule has 0 spiro atoms. The van der Waals surface area contributed by atoms with E-state index in [4.69, 9.17) is 16.6 Å². The molecule has 0 bridgehead atoms. The fraction of sp³-hybridized carbons (Fsp3) is 0.261. The summed E-state index contributed by atoms with van der Waals surface area (Å²) in [5.41, 5.74) is 3.38. The van der Waals surface area contributed by atoms with Crippen LogP contribution >= 0.6 is 11.6 Å². The molecule has 0 radical (unpaired) electrons. The van der Waals surface area contributed by atoms with Crippen LogP contribution in [0.3, 0.4) is 0 Å². The van der Waals surface area contributed by atoms with Gasteiger partial charge in [0, 0.05) is 41.6 Å². The second kappa shape index (κ2) is 7.12. The Labute approximate surface area is 169 Å². The van der Waals surface area contributed by atoms with Crippen LogP contribution in [0.1, 0.15) is 18.4 Å². The second-order valence-corrected chi connectivity index (χ2v) is 7.94. The zero-order chi connectivity index (χ0) is 19.1. The third-order valence-corrected chi connectivity index (χ3v) is 5.83. The summed E-state index contributed by atoms with van der Waals surface area (Å²) in [5, 5.41) is 13.0. The average molecular weight is 392 g/mol. The van der Waals surface area contributed by atoms with Crippen molar-refractivity contribution in [3.63, 3.8) is 0 Å². The number of para-hydroxylation sites is 1. The molecular weight excluding hydrogens is 370 g/mol. The highest BCUT2D eigenvalue weighted by Crippen LogP contribution is 2.34. The number of rotatable bonds is 3. The summed E-state index contributed by atoms with van der Waals surface area (Å²) < 4.78 is 2.29. The van der Waals surface area contributed by atoms with Gasteiger partial charge in [0.2, 0.25) is 0 Å². The highest BCUT2D eigenvalue weighted by molar-refractivity contribution is 6.30. The van der Waals surface area contributed by atoms with Gasteiger partial charge in [-0.3, -0.25) is 0 Å². The van der Waals surface area contributed by atoms with Crippen molar-refractivity contribution in [2.75, 3.05) is 18.0 Å². The van der Waals surface area contributed by atoms with Crippen molar-refractivity contribution in [1.29, 1.82) is 0 Å². The lowest BCUT2D eigenvalue weighted by atomic mass is 10.1. The molecule has 5 heteroatoms. The van der Waals surface area contributed by atoms with Crippen molar-refractivity contribution in [1.82, 2.24) is 9.55 Å². The van der Waals surface area contributed by atoms with E-state index in [1.54, 1.807) is 0 Å². The van der Waals surface area contributed by atoms with Crippen molar-refractivity contribution >= 4 is 39.2 Å². The van der Waals surface area contributed by atoms with Crippen LogP contribution in [0, 0.1) is 0 Å². The van der Waals surface area contributed by atoms with E-state index < -0.39 is 0 Å². The number of piperidine rings is 1. The minimum absolute atomic E-state index is 0.195. The molecule has 4 aromatic rings. The Morgan fingerprint density at radius 1 is 1.00 bits per heavy atom. The average Bonchev–Trinajstić information content (AvgIpc) is 3.12. The van der Waals surface area contributed by atoms with Crippen LogP contribution in [0.25, 0.3) is 21.8 Å². The van der Waals surface area contributed by atoms with Gasteiger partial charge in [-0.05, 0) is 42.7 Å². The summed E-state index contributed by atoms with van der Waals surface area (Å²) in [6, 6.07) is 18.5. The number of benzene rings is 2. The molecule has 0 unspecified atom stereocenters. The predicted octanol–water partition coefficient (Wildman–Crippen LogP) is 4.85. The minimum atomic E-state index is -0.195. The topological polar surface area (TPSA) is 41.3 Å². The number of hydrogen-bond donors (Lipinski definition) is 1. The molecule has 5 rings (SSSR count). The summed E-state index contributed by atoms with van der Waals surface area (Å²) in [6.07, 6.45) is 3.53. The minimum Gasteiger partial charge on any atom is -0.393 e. The molecule has 1 N–H and O–H groups in total. The molecular formula is C23H22ClN3O. The van der Waals surface area contributed by atoms with E-state index >= 15 is 0 Å². The van der Waals surface area contributed by atoms with Crippen molar-refractivity contribution in [3.05, 3.63) is 71.4 Å². The molecule has 1 fully saturated rings. The number of aliphatic hydroxyl groups excluding tert-OH is 1. The number of aliphatic hydroxyl groups is 1. The number of hydrogen-bond acceptors (Lipinski definition) is 3. The van der Waals surface area contributed by atoms with Gasteiger partial charge in [0.1, 0.15) is 5.82 Å². The maximum absolute atomic E-state index is 9.89. The maximum Gasteiger partial charge on any atom is 0.138 e. The van der Waals surface area contributed by atoms with E-state index in [1.165, 1.54) is 11.1 Å². The van der Waals surface area contributed by atoms with Crippen LogP contribution in [0.15, 0.2) is 60.8 Å². The van der Waals surface area contributed by atoms with Gasteiger partial charge >= 0.3 is 0 Å². The summed E-state index contributed by atoms with van der Waals surface area (Å²) in [4.78, 5) is 7.31. The van der Waals surface area contributed by atoms with Crippen LogP contribution in [0.4, 0.5) is 5.82 Å². The summed E-state index contributed by atoms with van der Waals surface area (Å²) in [5.74, 6) is 1.02. The van der Waals surface area contributed by atoms with Gasteiger partial charge in [-0.25, -0.2) is 4.98 Å². The number of nitrogens with zero attached hydrogens (tertiary/aromatic N) is 3. The maximum atomic E-state index is 9.89. The van der Waals surface area contributed by atoms with Gasteiger partial charge in [-0.2, -0.15) is 0 Å². The Morgan fingerprint density at radius 2 is 1.82 bits per heavy atom. The van der Waals surface area contributed by atoms with E-state index in [0.29, 0.717) is 0 Å². The molecule has 4 nitrogen and oxygen atoms in total. The lowest BCUT2D eigenvalue weighted by molar-refractivity contribution is 0.145. The van der Waals surface area contributed by atoms with E-state index in [2.05, 4.69) is 46.0 Å². The molecule has 0 atom stereocenters. The fourth-order valence-electron chi connectivity index (χ4n) is 4.18. The van der Waals surface area contributed by atoms with Gasteiger partial charge in [0.15, 0.2) is 0 Å². The lowest BCUT2D eigenvalue weighted by Crippen LogP contribution is -2.36. The first-order chi connectivity index (χ1) is 13.7. The number of aromatic nitrogens is 2. The van der Waals surface area contributed by atoms with Gasteiger partial charge in [-0.1, -0.05) is 41.9 Å². The Hall–Kier alpha value is -2.56. The number of pyridine rings is 1. The third-order valence-electron chi connectivity index (χ3n) is 5.60. The first-order valence-corrected chi connectivity index (χ1v) is 10.1. The smallest absolute Gasteiger partial charge is 0.138 e. The van der Waals surface area contributed by atoms with Crippen molar-refractivity contribution in [3.8, 4) is 0 Å². The SMILES string of the molecule is OC1CCN(c2nc3ccccc3c3c2ccn3Cc2cccc(Cl)c2)CC1. The highest BCUT2D eigenvalue weighted by Gasteiger charge is 2.22. The van der Waals surface area contributed by atoms with Crippen LogP contribution < -0.4 is 4.90 Å². The summed E-state index contributed by atoms with van der Waals surface area (Å²) in [6.45, 7) is 2.43. The Morgan fingerprint density at radius 3 is 2.64 bits per heavy atom. The van der Waals surface area contributed by atoms with Crippen LogP contribution in [0.5, 0.6) is 0 Å². The standard InChI is InChI=1S/C23H22ClN3O/c24-17-5-3-4-16(14-17)15-27-13-10-20-22(27)19-6-1-2-7-21(19)25-23(20)26-11-8-18(28)9-12-26/h1-7,10,13-14,18,28H,8-9,11-12,15H2. The van der Waals surface area contributed by atoms with Gasteiger partial charge in [0.25, 0.3) is 0 Å². The van der Waals surface area contributed by atoms with Crippen molar-refractivity contribution < 1.29 is 5.11 Å². The van der Waals surface area contributed by atoms with E-state index in [-0.39, 0.29) is 6.10 Å². The number of halogens is 1. The molecule has 2 aromatic heterocycles. The van der Waals surface area contributed by atoms with Gasteiger partial charge < -0.3 is 14.6 Å². The molecule has 2 aromatic carbocycles. The Bertz CT molecular complexity index is 1150. The van der Waals surface area contributed by atoms with E-state index in [9.17, 15) is 5.11 Å². The first-order valence-electron chi connectivity index (χ1n) is 9.74. The monoisotopic (exact) mass is 391 g/mol. The van der Waals surface area contributed by atoms with Gasteiger partial charge in [-0.15, -0.1) is 0 Å². The Balaban J connectivity index is 1.66. The van der Waals surface area contributed by atoms with E-state index in [1.807, 2.05) is 24.3 Å². The zero-order valence-electron chi connectivity index (χ0n) is 15.6. The molecule has 142 valence electrons. The number of anilines is 1. The molecule has 1 saturated heterocycles. The quantitative estimate of drug-likeness (QED) is 0.542. The third kappa shape index (κ3) is 3.13. The summed E-state index contributed by atoms with van der Waals surface area (Å²) in [7, 11) is 0. The normalized spacial score (nSPS) is 15.6. The Kier molecular flexibility index (Phi) is 4.46. The molecule has 28 heavy (non-hydrogen) atoms. The second-order valence-electron chi connectivity index (χ2n) is 7.51. The lowest BCUT2D eigenvalue weighted by Gasteiger charge is -2.31.